The lowest BCUT2D eigenvalue weighted by atomic mass is 10.1. The van der Waals surface area contributed by atoms with Crippen LogP contribution in [0.5, 0.6) is 5.75 Å². The number of hydrogen-bond donors (Lipinski definition) is 0. The average molecular weight is 399 g/mol. The lowest BCUT2D eigenvalue weighted by Crippen LogP contribution is -2.19. The summed E-state index contributed by atoms with van der Waals surface area (Å²) in [4.78, 5) is 11.4. The van der Waals surface area contributed by atoms with Crippen LogP contribution in [0.3, 0.4) is 0 Å². The largest absolute Gasteiger partial charge is 0.573 e. The van der Waals surface area contributed by atoms with Crippen LogP contribution in [-0.4, -0.2) is 18.9 Å². The molecule has 0 saturated heterocycles. The van der Waals surface area contributed by atoms with Crippen LogP contribution in [0.15, 0.2) is 12.1 Å². The quantitative estimate of drug-likeness (QED) is 0.577. The molecule has 0 bridgehead atoms. The molecule has 4 nitrogen and oxygen atoms in total. The van der Waals surface area contributed by atoms with E-state index in [1.165, 1.54) is 6.07 Å². The van der Waals surface area contributed by atoms with Gasteiger partial charge in [0, 0.05) is 9.13 Å². The Bertz CT molecular complexity index is 552. The summed E-state index contributed by atoms with van der Waals surface area (Å²) in [7, 11) is 0. The van der Waals surface area contributed by atoms with E-state index in [9.17, 15) is 18.0 Å². The Balaban J connectivity index is 3.16. The fraction of sp³-hybridized carbons (Fsp3) is 0.333. The second-order valence-corrected chi connectivity index (χ2v) is 4.74. The molecule has 1 rings (SSSR count). The molecule has 0 fully saturated rings. The molecule has 1 aromatic carbocycles. The van der Waals surface area contributed by atoms with Crippen molar-refractivity contribution >= 4 is 28.6 Å². The lowest BCUT2D eigenvalue weighted by molar-refractivity contribution is -0.275. The zero-order chi connectivity index (χ0) is 15.3. The van der Waals surface area contributed by atoms with Crippen molar-refractivity contribution in [1.82, 2.24) is 0 Å². The van der Waals surface area contributed by atoms with Gasteiger partial charge < -0.3 is 9.47 Å². The van der Waals surface area contributed by atoms with Crippen LogP contribution in [0.4, 0.5) is 13.2 Å². The standard InChI is InChI=1S/C12H9F3INO3/c1-2-19-11(18)4-7-3-8(6-17)9(16)5-10(7)20-12(13,14)15/h3,5H,2,4H2,1H3. The predicted molar refractivity (Wildman–Crippen MR) is 70.9 cm³/mol. The molecule has 0 aliphatic carbocycles. The number of nitrogens with zero attached hydrogens (tertiary/aromatic N) is 1. The summed E-state index contributed by atoms with van der Waals surface area (Å²) < 4.78 is 45.8. The molecule has 0 saturated carbocycles. The number of ether oxygens (including phenoxy) is 2. The lowest BCUT2D eigenvalue weighted by Gasteiger charge is -2.14. The third-order valence-corrected chi connectivity index (χ3v) is 3.03. The molecule has 0 aromatic heterocycles. The van der Waals surface area contributed by atoms with E-state index in [1.54, 1.807) is 29.5 Å². The molecule has 0 aliphatic rings. The third-order valence-electron chi connectivity index (χ3n) is 2.14. The minimum atomic E-state index is -4.87. The van der Waals surface area contributed by atoms with Crippen LogP contribution >= 0.6 is 22.6 Å². The van der Waals surface area contributed by atoms with Crippen molar-refractivity contribution in [3.05, 3.63) is 26.8 Å². The Labute approximate surface area is 126 Å². The summed E-state index contributed by atoms with van der Waals surface area (Å²) in [5, 5.41) is 8.87. The predicted octanol–water partition coefficient (Wildman–Crippen LogP) is 3.17. The fourth-order valence-electron chi connectivity index (χ4n) is 1.41. The molecule has 20 heavy (non-hydrogen) atoms. The van der Waals surface area contributed by atoms with Crippen LogP contribution in [-0.2, 0) is 16.0 Å². The first-order valence-corrected chi connectivity index (χ1v) is 6.48. The normalized spacial score (nSPS) is 10.8. The molecule has 0 heterocycles. The summed E-state index contributed by atoms with van der Waals surface area (Å²) in [6.07, 6.45) is -5.27. The van der Waals surface area contributed by atoms with E-state index < -0.39 is 24.5 Å². The fourth-order valence-corrected chi connectivity index (χ4v) is 1.97. The number of halogens is 4. The highest BCUT2D eigenvalue weighted by molar-refractivity contribution is 14.1. The number of carbonyl (C=O) groups is 1. The van der Waals surface area contributed by atoms with E-state index in [0.717, 1.165) is 6.07 Å². The van der Waals surface area contributed by atoms with Gasteiger partial charge in [0.2, 0.25) is 0 Å². The maximum atomic E-state index is 12.3. The molecule has 0 aliphatic heterocycles. The van der Waals surface area contributed by atoms with E-state index >= 15 is 0 Å². The molecule has 0 amide bonds. The van der Waals surface area contributed by atoms with Crippen LogP contribution < -0.4 is 4.74 Å². The van der Waals surface area contributed by atoms with Crippen LogP contribution in [0.25, 0.3) is 0 Å². The van der Waals surface area contributed by atoms with Gasteiger partial charge in [-0.2, -0.15) is 5.26 Å². The van der Waals surface area contributed by atoms with Crippen molar-refractivity contribution in [1.29, 1.82) is 5.26 Å². The van der Waals surface area contributed by atoms with E-state index in [2.05, 4.69) is 9.47 Å². The second-order valence-electron chi connectivity index (χ2n) is 3.58. The molecule has 0 radical (unpaired) electrons. The highest BCUT2D eigenvalue weighted by atomic mass is 127. The minimum Gasteiger partial charge on any atom is -0.466 e. The van der Waals surface area contributed by atoms with Crippen molar-refractivity contribution in [3.8, 4) is 11.8 Å². The topological polar surface area (TPSA) is 59.3 Å². The van der Waals surface area contributed by atoms with E-state index in [4.69, 9.17) is 5.26 Å². The van der Waals surface area contributed by atoms with Crippen molar-refractivity contribution in [2.24, 2.45) is 0 Å². The van der Waals surface area contributed by atoms with Crippen molar-refractivity contribution in [2.45, 2.75) is 19.7 Å². The van der Waals surface area contributed by atoms with Gasteiger partial charge in [0.05, 0.1) is 18.6 Å². The monoisotopic (exact) mass is 399 g/mol. The number of alkyl halides is 3. The van der Waals surface area contributed by atoms with Crippen LogP contribution in [0.2, 0.25) is 0 Å². The van der Waals surface area contributed by atoms with Gasteiger partial charge in [-0.25, -0.2) is 0 Å². The zero-order valence-electron chi connectivity index (χ0n) is 10.3. The summed E-state index contributed by atoms with van der Waals surface area (Å²) in [6.45, 7) is 1.70. The molecule has 8 heteroatoms. The van der Waals surface area contributed by atoms with Crippen LogP contribution in [0.1, 0.15) is 18.1 Å². The molecule has 0 N–H and O–H groups in total. The van der Waals surface area contributed by atoms with Gasteiger partial charge in [-0.05, 0) is 41.6 Å². The summed E-state index contributed by atoms with van der Waals surface area (Å²) in [5.41, 5.74) is 0.122. The summed E-state index contributed by atoms with van der Waals surface area (Å²) in [6, 6.07) is 4.10. The van der Waals surface area contributed by atoms with Crippen molar-refractivity contribution < 1.29 is 27.4 Å². The van der Waals surface area contributed by atoms with Gasteiger partial charge in [-0.3, -0.25) is 4.79 Å². The van der Waals surface area contributed by atoms with E-state index in [1.807, 2.05) is 6.07 Å². The highest BCUT2D eigenvalue weighted by Gasteiger charge is 2.32. The highest BCUT2D eigenvalue weighted by Crippen LogP contribution is 2.30. The molecular formula is C12H9F3INO3. The Morgan fingerprint density at radius 2 is 2.10 bits per heavy atom. The van der Waals surface area contributed by atoms with Crippen molar-refractivity contribution in [3.63, 3.8) is 0 Å². The maximum absolute atomic E-state index is 12.3. The number of hydrogen-bond acceptors (Lipinski definition) is 4. The average Bonchev–Trinajstić information content (AvgIpc) is 2.30. The van der Waals surface area contributed by atoms with Gasteiger partial charge in [0.25, 0.3) is 0 Å². The number of esters is 1. The van der Waals surface area contributed by atoms with Gasteiger partial charge in [-0.15, -0.1) is 13.2 Å². The number of benzene rings is 1. The molecule has 0 spiro atoms. The first-order valence-electron chi connectivity index (χ1n) is 5.40. The smallest absolute Gasteiger partial charge is 0.466 e. The first-order chi connectivity index (χ1) is 9.26. The second kappa shape index (κ2) is 6.78. The molecular weight excluding hydrogens is 390 g/mol. The molecule has 0 unspecified atom stereocenters. The summed E-state index contributed by atoms with van der Waals surface area (Å²) >= 11 is 1.72. The minimum absolute atomic E-state index is 0.0438. The van der Waals surface area contributed by atoms with Crippen molar-refractivity contribution in [2.75, 3.05) is 6.61 Å². The Morgan fingerprint density at radius 1 is 1.45 bits per heavy atom. The van der Waals surface area contributed by atoms with E-state index in [0.29, 0.717) is 3.57 Å². The third kappa shape index (κ3) is 4.88. The molecule has 0 atom stereocenters. The number of rotatable bonds is 4. The van der Waals surface area contributed by atoms with Gasteiger partial charge in [0.1, 0.15) is 11.8 Å². The van der Waals surface area contributed by atoms with E-state index in [-0.39, 0.29) is 17.7 Å². The Morgan fingerprint density at radius 3 is 2.60 bits per heavy atom. The number of nitriles is 1. The molecule has 1 aromatic rings. The van der Waals surface area contributed by atoms with Crippen LogP contribution in [0, 0.1) is 14.9 Å². The molecule has 108 valence electrons. The van der Waals surface area contributed by atoms with Gasteiger partial charge in [0.15, 0.2) is 0 Å². The zero-order valence-corrected chi connectivity index (χ0v) is 12.4. The summed E-state index contributed by atoms with van der Waals surface area (Å²) in [5.74, 6) is -1.20. The number of carbonyl (C=O) groups excluding carboxylic acids is 1. The Hall–Kier alpha value is -1.50. The first kappa shape index (κ1) is 16.6. The van der Waals surface area contributed by atoms with Gasteiger partial charge in [-0.1, -0.05) is 0 Å². The SMILES string of the molecule is CCOC(=O)Cc1cc(C#N)c(I)cc1OC(F)(F)F. The Kier molecular flexibility index (Phi) is 5.62. The van der Waals surface area contributed by atoms with Gasteiger partial charge >= 0.3 is 12.3 Å². The maximum Gasteiger partial charge on any atom is 0.573 e.